The van der Waals surface area contributed by atoms with Crippen LogP contribution >= 0.6 is 0 Å². The molecule has 3 aromatic carbocycles. The van der Waals surface area contributed by atoms with E-state index in [0.717, 1.165) is 25.0 Å². The summed E-state index contributed by atoms with van der Waals surface area (Å²) in [6.07, 6.45) is 3.18. The fourth-order valence-electron chi connectivity index (χ4n) is 5.22. The van der Waals surface area contributed by atoms with Crippen molar-refractivity contribution in [3.8, 4) is 28.1 Å². The maximum absolute atomic E-state index is 14.3. The number of pyridine rings is 2. The predicted molar refractivity (Wildman–Crippen MR) is 167 cm³/mol. The number of anilines is 2. The maximum Gasteiger partial charge on any atom is 0.264 e. The highest BCUT2D eigenvalue weighted by Crippen LogP contribution is 2.34. The third-order valence-corrected chi connectivity index (χ3v) is 10.8. The second-order valence-corrected chi connectivity index (χ2v) is 14.0. The minimum Gasteiger partial charge on any atom is -0.480 e. The number of nitrogens with two attached hydrogens (primary N) is 1. The molecule has 1 saturated heterocycles. The Bertz CT molecular complexity index is 2160. The maximum atomic E-state index is 14.3. The number of ether oxygens (including phenoxy) is 1. The molecule has 0 radical (unpaired) electrons. The molecule has 0 aliphatic carbocycles. The van der Waals surface area contributed by atoms with Crippen molar-refractivity contribution in [2.24, 2.45) is 0 Å². The van der Waals surface area contributed by atoms with Gasteiger partial charge in [0, 0.05) is 41.9 Å². The van der Waals surface area contributed by atoms with Gasteiger partial charge in [-0.2, -0.15) is 4.31 Å². The summed E-state index contributed by atoms with van der Waals surface area (Å²) in [5.74, 6) is -1.95. The molecule has 0 saturated carbocycles. The van der Waals surface area contributed by atoms with Crippen LogP contribution in [0.15, 0.2) is 88.8 Å². The first-order valence-electron chi connectivity index (χ1n) is 13.8. The van der Waals surface area contributed by atoms with E-state index < -0.39 is 36.6 Å². The van der Waals surface area contributed by atoms with Crippen molar-refractivity contribution in [1.82, 2.24) is 14.3 Å². The van der Waals surface area contributed by atoms with E-state index in [1.807, 2.05) is 12.1 Å². The summed E-state index contributed by atoms with van der Waals surface area (Å²) in [6.45, 7) is 1.02. The van der Waals surface area contributed by atoms with E-state index in [4.69, 9.17) is 10.5 Å². The zero-order valence-corrected chi connectivity index (χ0v) is 25.5. The molecule has 3 heterocycles. The van der Waals surface area contributed by atoms with Crippen LogP contribution in [0, 0.1) is 11.6 Å². The molecule has 0 amide bonds. The van der Waals surface area contributed by atoms with E-state index in [9.17, 15) is 25.6 Å². The Labute approximate surface area is 258 Å². The molecular weight excluding hydrogens is 625 g/mol. The lowest BCUT2D eigenvalue weighted by molar-refractivity contribution is 0.400. The van der Waals surface area contributed by atoms with Crippen LogP contribution in [0.3, 0.4) is 0 Å². The lowest BCUT2D eigenvalue weighted by Crippen LogP contribution is -2.27. The number of fused-ring (bicyclic) bond motifs is 1. The molecule has 1 aliphatic rings. The van der Waals surface area contributed by atoms with E-state index >= 15 is 0 Å². The molecule has 10 nitrogen and oxygen atoms in total. The summed E-state index contributed by atoms with van der Waals surface area (Å²) < 4.78 is 88.5. The smallest absolute Gasteiger partial charge is 0.264 e. The minimum atomic E-state index is -4.46. The monoisotopic (exact) mass is 651 g/mol. The molecule has 0 spiro atoms. The average molecular weight is 652 g/mol. The van der Waals surface area contributed by atoms with Crippen LogP contribution in [0.5, 0.6) is 5.88 Å². The summed E-state index contributed by atoms with van der Waals surface area (Å²) in [5.41, 5.74) is 9.28. The van der Waals surface area contributed by atoms with Crippen LogP contribution in [0.1, 0.15) is 12.8 Å². The van der Waals surface area contributed by atoms with E-state index in [0.29, 0.717) is 52.3 Å². The molecular formula is C31H27F2N5O5S2. The van der Waals surface area contributed by atoms with Gasteiger partial charge < -0.3 is 10.5 Å². The lowest BCUT2D eigenvalue weighted by atomic mass is 10.0. The number of aromatic nitrogens is 2. The Kier molecular flexibility index (Phi) is 7.89. The van der Waals surface area contributed by atoms with Crippen LogP contribution < -0.4 is 15.2 Å². The minimum absolute atomic E-state index is 0.0566. The highest BCUT2D eigenvalue weighted by molar-refractivity contribution is 7.92. The van der Waals surface area contributed by atoms with Gasteiger partial charge in [0.05, 0.1) is 17.5 Å². The van der Waals surface area contributed by atoms with E-state index in [-0.39, 0.29) is 22.3 Å². The number of nitrogen functional groups attached to an aromatic ring is 1. The summed E-state index contributed by atoms with van der Waals surface area (Å²) in [4.78, 5) is 8.21. The Hall–Kier alpha value is -4.66. The number of hydrogen-bond donors (Lipinski definition) is 2. The van der Waals surface area contributed by atoms with Gasteiger partial charge in [0.2, 0.25) is 15.9 Å². The van der Waals surface area contributed by atoms with Gasteiger partial charge in [0.15, 0.2) is 0 Å². The van der Waals surface area contributed by atoms with Crippen LogP contribution in [0.2, 0.25) is 0 Å². The quantitative estimate of drug-likeness (QED) is 0.226. The number of methoxy groups -OCH3 is 1. The molecule has 1 fully saturated rings. The standard InChI is InChI=1S/C31H27F2N5O5S2/c1-43-31-28(37-44(39,40)29-11-7-23(32)17-26(29)33)16-22(18-35-31)20-6-10-27-21(14-20)15-25(30(34)36-27)19-4-8-24(9-5-19)45(41,42)38-12-2-3-13-38/h4-11,14-18,37H,2-3,12-13H2,1H3,(H2,34,36). The lowest BCUT2D eigenvalue weighted by Gasteiger charge is -2.16. The topological polar surface area (TPSA) is 145 Å². The SMILES string of the molecule is COc1ncc(-c2ccc3nc(N)c(-c4ccc(S(=O)(=O)N5CCCC5)cc4)cc3c2)cc1NS(=O)(=O)c1ccc(F)cc1F. The Morgan fingerprint density at radius 1 is 0.867 bits per heavy atom. The summed E-state index contributed by atoms with van der Waals surface area (Å²) in [7, 11) is -6.72. The van der Waals surface area contributed by atoms with Gasteiger partial charge in [-0.3, -0.25) is 4.72 Å². The largest absolute Gasteiger partial charge is 0.480 e. The number of sulfonamides is 2. The normalized spacial score (nSPS) is 14.1. The summed E-state index contributed by atoms with van der Waals surface area (Å²) in [5, 5.41) is 0.705. The average Bonchev–Trinajstić information content (AvgIpc) is 3.57. The molecule has 1 aliphatic heterocycles. The van der Waals surface area contributed by atoms with Crippen molar-refractivity contribution in [3.63, 3.8) is 0 Å². The number of hydrogen-bond acceptors (Lipinski definition) is 8. The molecule has 5 aromatic rings. The molecule has 232 valence electrons. The van der Waals surface area contributed by atoms with Crippen molar-refractivity contribution in [3.05, 3.63) is 90.6 Å². The van der Waals surface area contributed by atoms with E-state index in [2.05, 4.69) is 14.7 Å². The van der Waals surface area contributed by atoms with Gasteiger partial charge in [-0.25, -0.2) is 35.6 Å². The number of halogens is 2. The number of benzene rings is 3. The number of nitrogens with zero attached hydrogens (tertiary/aromatic N) is 3. The predicted octanol–water partition coefficient (Wildman–Crippen LogP) is 5.42. The van der Waals surface area contributed by atoms with E-state index in [1.165, 1.54) is 23.7 Å². The Morgan fingerprint density at radius 2 is 1.58 bits per heavy atom. The Balaban J connectivity index is 1.33. The van der Waals surface area contributed by atoms with Crippen molar-refractivity contribution >= 4 is 42.5 Å². The van der Waals surface area contributed by atoms with Crippen LogP contribution in [-0.2, 0) is 20.0 Å². The molecule has 2 aromatic heterocycles. The van der Waals surface area contributed by atoms with Crippen molar-refractivity contribution < 1.29 is 30.4 Å². The molecule has 0 unspecified atom stereocenters. The van der Waals surface area contributed by atoms with Crippen LogP contribution in [0.25, 0.3) is 33.2 Å². The van der Waals surface area contributed by atoms with Gasteiger partial charge in [-0.1, -0.05) is 18.2 Å². The van der Waals surface area contributed by atoms with Gasteiger partial charge in [-0.05, 0) is 72.5 Å². The molecule has 14 heteroatoms. The molecule has 45 heavy (non-hydrogen) atoms. The van der Waals surface area contributed by atoms with Crippen molar-refractivity contribution in [1.29, 1.82) is 0 Å². The van der Waals surface area contributed by atoms with Gasteiger partial charge in [0.1, 0.15) is 28.0 Å². The molecule has 0 bridgehead atoms. The third-order valence-electron chi connectivity index (χ3n) is 7.52. The first-order valence-corrected chi connectivity index (χ1v) is 16.7. The molecule has 0 atom stereocenters. The molecule has 6 rings (SSSR count). The van der Waals surface area contributed by atoms with Gasteiger partial charge in [0.25, 0.3) is 10.0 Å². The third kappa shape index (κ3) is 5.91. The fraction of sp³-hybridized carbons (Fsp3) is 0.161. The summed E-state index contributed by atoms with van der Waals surface area (Å²) in [6, 6.07) is 17.3. The second kappa shape index (κ2) is 11.7. The van der Waals surface area contributed by atoms with Crippen LogP contribution in [-0.4, -0.2) is 51.3 Å². The molecule has 3 N–H and O–H groups in total. The summed E-state index contributed by atoms with van der Waals surface area (Å²) >= 11 is 0. The first-order chi connectivity index (χ1) is 21.5. The van der Waals surface area contributed by atoms with E-state index in [1.54, 1.807) is 36.4 Å². The van der Waals surface area contributed by atoms with Crippen molar-refractivity contribution in [2.75, 3.05) is 30.7 Å². The zero-order valence-electron chi connectivity index (χ0n) is 23.9. The van der Waals surface area contributed by atoms with Crippen LogP contribution in [0.4, 0.5) is 20.3 Å². The van der Waals surface area contributed by atoms with Crippen molar-refractivity contribution in [2.45, 2.75) is 22.6 Å². The second-order valence-electron chi connectivity index (χ2n) is 10.4. The number of rotatable bonds is 8. The zero-order chi connectivity index (χ0) is 31.9. The Morgan fingerprint density at radius 3 is 2.27 bits per heavy atom. The highest BCUT2D eigenvalue weighted by atomic mass is 32.2. The van der Waals surface area contributed by atoms with Gasteiger partial charge >= 0.3 is 0 Å². The highest BCUT2D eigenvalue weighted by Gasteiger charge is 2.27. The van der Waals surface area contributed by atoms with Gasteiger partial charge in [-0.15, -0.1) is 0 Å². The number of nitrogens with one attached hydrogen (secondary N) is 1. The first kappa shape index (κ1) is 30.4. The fourth-order valence-corrected chi connectivity index (χ4v) is 7.85.